The van der Waals surface area contributed by atoms with E-state index >= 15 is 0 Å². The minimum atomic E-state index is 0.196. The van der Waals surface area contributed by atoms with Crippen LogP contribution in [0, 0.1) is 0 Å². The van der Waals surface area contributed by atoms with E-state index in [-0.39, 0.29) is 5.91 Å². The average Bonchev–Trinajstić information content (AvgIpc) is 2.73. The van der Waals surface area contributed by atoms with Crippen molar-refractivity contribution >= 4 is 5.91 Å². The number of carbonyl (C=O) groups is 1. The van der Waals surface area contributed by atoms with E-state index in [1.807, 2.05) is 37.3 Å². The topological polar surface area (TPSA) is 39.7 Å². The molecule has 0 N–H and O–H groups in total. The highest BCUT2D eigenvalue weighted by Crippen LogP contribution is 2.16. The summed E-state index contributed by atoms with van der Waals surface area (Å²) in [6.07, 6.45) is 6.95. The van der Waals surface area contributed by atoms with Crippen molar-refractivity contribution in [3.05, 3.63) is 66.0 Å². The molecule has 0 saturated carbocycles. The van der Waals surface area contributed by atoms with E-state index in [4.69, 9.17) is 0 Å². The molecule has 0 unspecified atom stereocenters. The summed E-state index contributed by atoms with van der Waals surface area (Å²) in [5.41, 5.74) is 2.51. The summed E-state index contributed by atoms with van der Waals surface area (Å²) >= 11 is 0. The van der Waals surface area contributed by atoms with Crippen LogP contribution in [0.3, 0.4) is 0 Å². The standard InChI is InChI=1S/C23H32N4O/c1-25(17-21-10-6-13-24-16-21)19-23(28)26(2)22-11-7-14-27(18-22)15-12-20-8-4-3-5-9-20/h3-6,8-10,13,16,22H,7,11-12,14-15,17-19H2,1-2H3/t22-/m1/s1. The van der Waals surface area contributed by atoms with Crippen molar-refractivity contribution in [1.29, 1.82) is 0 Å². The molecule has 0 aliphatic carbocycles. The zero-order valence-electron chi connectivity index (χ0n) is 17.1. The van der Waals surface area contributed by atoms with Gasteiger partial charge in [0.1, 0.15) is 0 Å². The van der Waals surface area contributed by atoms with Gasteiger partial charge in [0.2, 0.25) is 5.91 Å². The highest BCUT2D eigenvalue weighted by atomic mass is 16.2. The molecule has 0 spiro atoms. The van der Waals surface area contributed by atoms with E-state index in [2.05, 4.69) is 45.1 Å². The number of pyridine rings is 1. The molecule has 0 bridgehead atoms. The van der Waals surface area contributed by atoms with Crippen LogP contribution in [-0.4, -0.2) is 71.9 Å². The highest BCUT2D eigenvalue weighted by Gasteiger charge is 2.26. The van der Waals surface area contributed by atoms with E-state index in [1.165, 1.54) is 5.56 Å². The van der Waals surface area contributed by atoms with Gasteiger partial charge in [0.05, 0.1) is 6.54 Å². The second-order valence-corrected chi connectivity index (χ2v) is 7.87. The Balaban J connectivity index is 1.45. The van der Waals surface area contributed by atoms with Gasteiger partial charge in [-0.25, -0.2) is 0 Å². The van der Waals surface area contributed by atoms with E-state index in [9.17, 15) is 4.79 Å². The van der Waals surface area contributed by atoms with Crippen LogP contribution < -0.4 is 0 Å². The normalized spacial score (nSPS) is 17.6. The SMILES string of the molecule is CN(CC(=O)N(C)[C@@H]1CCCN(CCc2ccccc2)C1)Cc1cccnc1. The highest BCUT2D eigenvalue weighted by molar-refractivity contribution is 5.78. The van der Waals surface area contributed by atoms with Crippen molar-refractivity contribution in [1.82, 2.24) is 19.7 Å². The van der Waals surface area contributed by atoms with Gasteiger partial charge in [-0.15, -0.1) is 0 Å². The Labute approximate surface area is 169 Å². The molecule has 3 rings (SSSR count). The zero-order valence-corrected chi connectivity index (χ0v) is 17.1. The fourth-order valence-electron chi connectivity index (χ4n) is 3.89. The quantitative estimate of drug-likeness (QED) is 0.706. The first-order valence-corrected chi connectivity index (χ1v) is 10.2. The lowest BCUT2D eigenvalue weighted by Gasteiger charge is -2.38. The molecular formula is C23H32N4O. The number of aromatic nitrogens is 1. The molecule has 2 aromatic rings. The van der Waals surface area contributed by atoms with E-state index in [0.717, 1.165) is 51.0 Å². The summed E-state index contributed by atoms with van der Waals surface area (Å²) in [6, 6.07) is 14.9. The molecule has 1 aromatic carbocycles. The zero-order chi connectivity index (χ0) is 19.8. The van der Waals surface area contributed by atoms with Crippen LogP contribution in [0.5, 0.6) is 0 Å². The predicted molar refractivity (Wildman–Crippen MR) is 113 cm³/mol. The molecule has 28 heavy (non-hydrogen) atoms. The van der Waals surface area contributed by atoms with Gasteiger partial charge in [0.15, 0.2) is 0 Å². The van der Waals surface area contributed by atoms with Crippen molar-refractivity contribution in [2.45, 2.75) is 31.8 Å². The Morgan fingerprint density at radius 3 is 2.68 bits per heavy atom. The lowest BCUT2D eigenvalue weighted by atomic mass is 10.0. The van der Waals surface area contributed by atoms with Crippen LogP contribution in [-0.2, 0) is 17.8 Å². The average molecular weight is 381 g/mol. The molecule has 5 nitrogen and oxygen atoms in total. The Kier molecular flexibility index (Phi) is 7.57. The second kappa shape index (κ2) is 10.3. The summed E-state index contributed by atoms with van der Waals surface area (Å²) in [6.45, 7) is 4.34. The monoisotopic (exact) mass is 380 g/mol. The third kappa shape index (κ3) is 6.14. The Morgan fingerprint density at radius 1 is 1.14 bits per heavy atom. The largest absolute Gasteiger partial charge is 0.340 e. The maximum atomic E-state index is 12.8. The molecular weight excluding hydrogens is 348 g/mol. The summed E-state index contributed by atoms with van der Waals surface area (Å²) in [5.74, 6) is 0.196. The van der Waals surface area contributed by atoms with Gasteiger partial charge >= 0.3 is 0 Å². The van der Waals surface area contributed by atoms with Gasteiger partial charge in [-0.1, -0.05) is 36.4 Å². The van der Waals surface area contributed by atoms with Crippen molar-refractivity contribution < 1.29 is 4.79 Å². The molecule has 1 atom stereocenters. The summed E-state index contributed by atoms with van der Waals surface area (Å²) < 4.78 is 0. The number of nitrogens with zero attached hydrogens (tertiary/aromatic N) is 4. The van der Waals surface area contributed by atoms with E-state index in [1.54, 1.807) is 6.20 Å². The maximum absolute atomic E-state index is 12.8. The van der Waals surface area contributed by atoms with Crippen LogP contribution >= 0.6 is 0 Å². The Morgan fingerprint density at radius 2 is 1.93 bits per heavy atom. The number of likely N-dealkylation sites (N-methyl/N-ethyl adjacent to an activating group) is 2. The number of hydrogen-bond donors (Lipinski definition) is 0. The third-order valence-corrected chi connectivity index (χ3v) is 5.56. The van der Waals surface area contributed by atoms with Gasteiger partial charge in [-0.05, 0) is 50.0 Å². The first-order valence-electron chi connectivity index (χ1n) is 10.2. The first kappa shape index (κ1) is 20.5. The van der Waals surface area contributed by atoms with E-state index < -0.39 is 0 Å². The smallest absolute Gasteiger partial charge is 0.236 e. The van der Waals surface area contributed by atoms with Gasteiger partial charge in [0, 0.05) is 45.1 Å². The number of likely N-dealkylation sites (tertiary alicyclic amines) is 1. The summed E-state index contributed by atoms with van der Waals surface area (Å²) in [4.78, 5) is 23.5. The minimum absolute atomic E-state index is 0.196. The molecule has 1 aromatic heterocycles. The molecule has 1 aliphatic rings. The third-order valence-electron chi connectivity index (χ3n) is 5.56. The molecule has 2 heterocycles. The Bertz CT molecular complexity index is 722. The predicted octanol–water partition coefficient (Wildman–Crippen LogP) is 2.68. The number of rotatable bonds is 8. The van der Waals surface area contributed by atoms with Crippen LogP contribution in [0.25, 0.3) is 0 Å². The number of amides is 1. The van der Waals surface area contributed by atoms with Crippen molar-refractivity contribution in [2.24, 2.45) is 0 Å². The minimum Gasteiger partial charge on any atom is -0.340 e. The number of piperidine rings is 1. The molecule has 0 radical (unpaired) electrons. The van der Waals surface area contributed by atoms with E-state index in [0.29, 0.717) is 12.6 Å². The van der Waals surface area contributed by atoms with Gasteiger partial charge < -0.3 is 9.80 Å². The number of carbonyl (C=O) groups excluding carboxylic acids is 1. The summed E-state index contributed by atoms with van der Waals surface area (Å²) in [7, 11) is 3.96. The van der Waals surface area contributed by atoms with Crippen LogP contribution in [0.2, 0.25) is 0 Å². The molecule has 1 fully saturated rings. The molecule has 1 aliphatic heterocycles. The molecule has 1 saturated heterocycles. The fraction of sp³-hybridized carbons (Fsp3) is 0.478. The Hall–Kier alpha value is -2.24. The molecule has 150 valence electrons. The van der Waals surface area contributed by atoms with Crippen LogP contribution in [0.15, 0.2) is 54.9 Å². The fourth-order valence-corrected chi connectivity index (χ4v) is 3.89. The van der Waals surface area contributed by atoms with Crippen LogP contribution in [0.1, 0.15) is 24.0 Å². The van der Waals surface area contributed by atoms with Crippen molar-refractivity contribution in [3.8, 4) is 0 Å². The first-order chi connectivity index (χ1) is 13.6. The molecule has 5 heteroatoms. The van der Waals surface area contributed by atoms with Gasteiger partial charge in [-0.3, -0.25) is 14.7 Å². The number of benzene rings is 1. The van der Waals surface area contributed by atoms with Gasteiger partial charge in [-0.2, -0.15) is 0 Å². The number of hydrogen-bond acceptors (Lipinski definition) is 4. The van der Waals surface area contributed by atoms with Crippen molar-refractivity contribution in [2.75, 3.05) is 40.3 Å². The van der Waals surface area contributed by atoms with Crippen molar-refractivity contribution in [3.63, 3.8) is 0 Å². The summed E-state index contributed by atoms with van der Waals surface area (Å²) in [5, 5.41) is 0. The molecule has 1 amide bonds. The lowest BCUT2D eigenvalue weighted by Crippen LogP contribution is -2.50. The van der Waals surface area contributed by atoms with Gasteiger partial charge in [0.25, 0.3) is 0 Å². The maximum Gasteiger partial charge on any atom is 0.236 e. The van der Waals surface area contributed by atoms with Crippen LogP contribution in [0.4, 0.5) is 0 Å². The second-order valence-electron chi connectivity index (χ2n) is 7.87. The lowest BCUT2D eigenvalue weighted by molar-refractivity contribution is -0.134.